The number of aromatic nitrogens is 2. The molecule has 0 spiro atoms. The van der Waals surface area contributed by atoms with E-state index in [1.54, 1.807) is 42.6 Å². The van der Waals surface area contributed by atoms with Crippen LogP contribution in [-0.4, -0.2) is 30.6 Å². The summed E-state index contributed by atoms with van der Waals surface area (Å²) in [5, 5.41) is 4.16. The van der Waals surface area contributed by atoms with Gasteiger partial charge in [-0.15, -0.1) is 6.58 Å². The van der Waals surface area contributed by atoms with Gasteiger partial charge in [-0.2, -0.15) is 5.10 Å². The number of sulfonamides is 1. The van der Waals surface area contributed by atoms with Crippen LogP contribution in [0, 0.1) is 0 Å². The highest BCUT2D eigenvalue weighted by Crippen LogP contribution is 2.24. The van der Waals surface area contributed by atoms with Crippen LogP contribution in [0.5, 0.6) is 0 Å². The van der Waals surface area contributed by atoms with Gasteiger partial charge in [-0.05, 0) is 36.4 Å². The molecule has 0 aliphatic rings. The first-order valence-corrected chi connectivity index (χ1v) is 11.5. The highest BCUT2D eigenvalue weighted by molar-refractivity contribution is 7.92. The summed E-state index contributed by atoms with van der Waals surface area (Å²) in [6, 6.07) is 22.2. The molecule has 2 aromatic carbocycles. The molecule has 0 radical (unpaired) electrons. The van der Waals surface area contributed by atoms with Crippen molar-refractivity contribution in [3.8, 4) is 0 Å². The van der Waals surface area contributed by atoms with Gasteiger partial charge in [0, 0.05) is 6.20 Å². The van der Waals surface area contributed by atoms with Crippen molar-refractivity contribution >= 4 is 33.4 Å². The lowest BCUT2D eigenvalue weighted by molar-refractivity contribution is 0.592. The summed E-state index contributed by atoms with van der Waals surface area (Å²) >= 11 is 0. The number of anilines is 2. The maximum Gasteiger partial charge on any atom is 0.268 e. The third-order valence-electron chi connectivity index (χ3n) is 4.77. The van der Waals surface area contributed by atoms with Gasteiger partial charge in [0.15, 0.2) is 5.82 Å². The Balaban J connectivity index is 1.89. The monoisotopic (exact) mass is 459 g/mol. The van der Waals surface area contributed by atoms with E-state index in [-0.39, 0.29) is 22.8 Å². The summed E-state index contributed by atoms with van der Waals surface area (Å²) < 4.78 is 29.4. The van der Waals surface area contributed by atoms with Crippen LogP contribution in [0.2, 0.25) is 0 Å². The third-order valence-corrected chi connectivity index (χ3v) is 6.54. The summed E-state index contributed by atoms with van der Waals surface area (Å²) in [5.74, 6) is -0.0337. The number of rotatable bonds is 8. The Kier molecular flexibility index (Phi) is 6.32. The highest BCUT2D eigenvalue weighted by atomic mass is 32.2. The van der Waals surface area contributed by atoms with E-state index in [1.165, 1.54) is 28.8 Å². The second-order valence-corrected chi connectivity index (χ2v) is 8.82. The average molecular weight is 460 g/mol. The van der Waals surface area contributed by atoms with Gasteiger partial charge in [0.05, 0.1) is 23.3 Å². The van der Waals surface area contributed by atoms with Crippen molar-refractivity contribution in [1.82, 2.24) is 9.38 Å². The minimum absolute atomic E-state index is 0.0171. The topological polar surface area (TPSA) is 96.1 Å². The summed E-state index contributed by atoms with van der Waals surface area (Å²) in [5.41, 5.74) is 3.43. The van der Waals surface area contributed by atoms with Crippen LogP contribution in [0.3, 0.4) is 0 Å². The molecule has 8 nitrogen and oxygen atoms in total. The fourth-order valence-electron chi connectivity index (χ4n) is 3.21. The Hall–Kier alpha value is -4.24. The average Bonchev–Trinajstić information content (AvgIpc) is 2.85. The molecule has 166 valence electrons. The van der Waals surface area contributed by atoms with Crippen molar-refractivity contribution in [1.29, 1.82) is 0 Å². The molecule has 0 saturated carbocycles. The van der Waals surface area contributed by atoms with E-state index < -0.39 is 15.6 Å². The summed E-state index contributed by atoms with van der Waals surface area (Å²) in [6.45, 7) is 3.60. The fourth-order valence-corrected chi connectivity index (χ4v) is 4.64. The van der Waals surface area contributed by atoms with Crippen molar-refractivity contribution in [2.24, 2.45) is 5.10 Å². The van der Waals surface area contributed by atoms with Crippen LogP contribution in [0.1, 0.15) is 5.56 Å². The van der Waals surface area contributed by atoms with Gasteiger partial charge in [-0.25, -0.2) is 17.7 Å². The molecule has 4 aromatic rings. The summed E-state index contributed by atoms with van der Waals surface area (Å²) in [6.07, 6.45) is 4.30. The second kappa shape index (κ2) is 9.49. The quantitative estimate of drug-likeness (QED) is 0.247. The number of nitrogens with one attached hydrogen (secondary N) is 1. The Morgan fingerprint density at radius 3 is 2.36 bits per heavy atom. The summed E-state index contributed by atoms with van der Waals surface area (Å²) in [4.78, 5) is 17.9. The maximum absolute atomic E-state index is 13.5. The van der Waals surface area contributed by atoms with E-state index in [0.717, 1.165) is 4.31 Å². The van der Waals surface area contributed by atoms with Gasteiger partial charge in [-0.1, -0.05) is 48.5 Å². The van der Waals surface area contributed by atoms with E-state index in [9.17, 15) is 13.2 Å². The van der Waals surface area contributed by atoms with E-state index in [4.69, 9.17) is 0 Å². The SMILES string of the molecule is C=CCN(c1nc2ccccn2c(=O)c1/C=N/Nc1ccccc1)S(=O)(=O)c1ccccc1. The summed E-state index contributed by atoms with van der Waals surface area (Å²) in [7, 11) is -4.03. The number of nitrogens with zero attached hydrogens (tertiary/aromatic N) is 4. The Morgan fingerprint density at radius 2 is 1.67 bits per heavy atom. The van der Waals surface area contributed by atoms with E-state index in [1.807, 2.05) is 30.3 Å². The van der Waals surface area contributed by atoms with E-state index in [2.05, 4.69) is 22.1 Å². The largest absolute Gasteiger partial charge is 0.278 e. The molecular formula is C24H21N5O3S. The molecule has 2 heterocycles. The van der Waals surface area contributed by atoms with E-state index >= 15 is 0 Å². The minimum atomic E-state index is -4.03. The van der Waals surface area contributed by atoms with Crippen molar-refractivity contribution in [2.75, 3.05) is 16.3 Å². The second-order valence-electron chi connectivity index (χ2n) is 6.96. The molecule has 0 saturated heterocycles. The molecule has 33 heavy (non-hydrogen) atoms. The number of hydrogen-bond acceptors (Lipinski definition) is 6. The molecule has 0 bridgehead atoms. The maximum atomic E-state index is 13.5. The van der Waals surface area contributed by atoms with Gasteiger partial charge in [0.2, 0.25) is 0 Å². The molecule has 4 rings (SSSR count). The number of para-hydroxylation sites is 1. The van der Waals surface area contributed by atoms with Gasteiger partial charge < -0.3 is 0 Å². The number of pyridine rings is 1. The van der Waals surface area contributed by atoms with Crippen molar-refractivity contribution in [3.63, 3.8) is 0 Å². The highest BCUT2D eigenvalue weighted by Gasteiger charge is 2.28. The van der Waals surface area contributed by atoms with Crippen LogP contribution in [-0.2, 0) is 10.0 Å². The number of hydrazone groups is 1. The molecule has 0 aliphatic heterocycles. The lowest BCUT2D eigenvalue weighted by atomic mass is 10.3. The van der Waals surface area contributed by atoms with E-state index in [0.29, 0.717) is 11.3 Å². The zero-order chi connectivity index (χ0) is 23.3. The normalized spacial score (nSPS) is 11.5. The minimum Gasteiger partial charge on any atom is -0.278 e. The standard InChI is InChI=1S/C24H21N5O3S/c1-2-16-29(33(31,32)20-13-7-4-8-14-20)23-21(18-25-27-19-11-5-3-6-12-19)24(30)28-17-10-9-15-22(28)26-23/h2-15,17-18,27H,1,16H2/b25-18+. The predicted molar refractivity (Wildman–Crippen MR) is 130 cm³/mol. The Labute approximate surface area is 191 Å². The zero-order valence-electron chi connectivity index (χ0n) is 17.6. The number of benzene rings is 2. The molecule has 2 aromatic heterocycles. The van der Waals surface area contributed by atoms with Crippen LogP contribution in [0.25, 0.3) is 5.65 Å². The third kappa shape index (κ3) is 4.53. The van der Waals surface area contributed by atoms with Gasteiger partial charge in [0.1, 0.15) is 11.2 Å². The van der Waals surface area contributed by atoms with Crippen molar-refractivity contribution in [3.05, 3.63) is 114 Å². The Bertz CT molecular complexity index is 1470. The Morgan fingerprint density at radius 1 is 1.00 bits per heavy atom. The lowest BCUT2D eigenvalue weighted by Crippen LogP contribution is -2.35. The molecule has 0 unspecified atom stereocenters. The van der Waals surface area contributed by atoms with Crippen LogP contribution in [0.4, 0.5) is 11.5 Å². The first-order valence-electron chi connectivity index (χ1n) is 10.1. The molecule has 9 heteroatoms. The molecule has 0 atom stereocenters. The lowest BCUT2D eigenvalue weighted by Gasteiger charge is -2.23. The zero-order valence-corrected chi connectivity index (χ0v) is 18.4. The van der Waals surface area contributed by atoms with Gasteiger partial charge >= 0.3 is 0 Å². The van der Waals surface area contributed by atoms with Gasteiger partial charge in [0.25, 0.3) is 15.6 Å². The first-order chi connectivity index (χ1) is 16.0. The molecule has 0 amide bonds. The molecule has 1 N–H and O–H groups in total. The van der Waals surface area contributed by atoms with Crippen molar-refractivity contribution in [2.45, 2.75) is 4.90 Å². The molecular weight excluding hydrogens is 438 g/mol. The predicted octanol–water partition coefficient (Wildman–Crippen LogP) is 3.52. The van der Waals surface area contributed by atoms with Crippen LogP contribution < -0.4 is 15.3 Å². The fraction of sp³-hybridized carbons (Fsp3) is 0.0417. The molecule has 0 aliphatic carbocycles. The number of fused-ring (bicyclic) bond motifs is 1. The van der Waals surface area contributed by atoms with Crippen LogP contribution in [0.15, 0.2) is 113 Å². The smallest absolute Gasteiger partial charge is 0.268 e. The molecule has 0 fully saturated rings. The van der Waals surface area contributed by atoms with Crippen LogP contribution >= 0.6 is 0 Å². The first kappa shape index (κ1) is 22.0. The number of hydrogen-bond donors (Lipinski definition) is 1. The van der Waals surface area contributed by atoms with Gasteiger partial charge in [-0.3, -0.25) is 14.6 Å². The van der Waals surface area contributed by atoms with Crippen molar-refractivity contribution < 1.29 is 8.42 Å².